The fraction of sp³-hybridized carbons (Fsp3) is 0. The van der Waals surface area contributed by atoms with Crippen LogP contribution in [0, 0.1) is 0 Å². The second-order valence-electron chi connectivity index (χ2n) is 3.61. The van der Waals surface area contributed by atoms with Gasteiger partial charge in [-0.15, -0.1) is 0 Å². The third-order valence-electron chi connectivity index (χ3n) is 2.43. The van der Waals surface area contributed by atoms with E-state index in [1.54, 1.807) is 12.1 Å². The van der Waals surface area contributed by atoms with E-state index in [0.717, 1.165) is 0 Å². The number of rotatable bonds is 3. The molecule has 0 atom stereocenters. The van der Waals surface area contributed by atoms with E-state index in [1.165, 1.54) is 30.6 Å². The molecule has 18 heavy (non-hydrogen) atoms. The number of hydrogen-bond acceptors (Lipinski definition) is 5. The van der Waals surface area contributed by atoms with Crippen LogP contribution in [0.1, 0.15) is 20.7 Å². The molecule has 1 heterocycles. The van der Waals surface area contributed by atoms with Crippen molar-refractivity contribution in [3.8, 4) is 11.1 Å². The molecule has 0 aliphatic heterocycles. The molecular weight excluding hydrogens is 234 g/mol. The van der Waals surface area contributed by atoms with Crippen molar-refractivity contribution in [3.05, 3.63) is 53.9 Å². The Bertz CT molecular complexity index is 605. The fourth-order valence-electron chi connectivity index (χ4n) is 1.51. The first-order valence-electron chi connectivity index (χ1n) is 5.06. The standard InChI is InChI=1S/C13H9NO4/c15-12(16)9-3-1-8(2-4-9)10-5-11(13(17)18)7-14-6-10/h1-7H,(H,15,16)(H,17,18)/p-2. The lowest BCUT2D eigenvalue weighted by molar-refractivity contribution is -0.256. The molecule has 90 valence electrons. The summed E-state index contributed by atoms with van der Waals surface area (Å²) in [4.78, 5) is 25.1. The summed E-state index contributed by atoms with van der Waals surface area (Å²) in [6, 6.07) is 7.30. The van der Waals surface area contributed by atoms with Crippen LogP contribution in [0.5, 0.6) is 0 Å². The number of benzene rings is 1. The van der Waals surface area contributed by atoms with Gasteiger partial charge in [0.05, 0.1) is 11.9 Å². The van der Waals surface area contributed by atoms with Crippen molar-refractivity contribution in [1.29, 1.82) is 0 Å². The first-order chi connectivity index (χ1) is 8.58. The fourth-order valence-corrected chi connectivity index (χ4v) is 1.51. The summed E-state index contributed by atoms with van der Waals surface area (Å²) in [6.07, 6.45) is 2.68. The molecule has 0 unspecified atom stereocenters. The highest BCUT2D eigenvalue weighted by Gasteiger charge is 2.01. The first-order valence-corrected chi connectivity index (χ1v) is 5.06. The Balaban J connectivity index is 2.39. The van der Waals surface area contributed by atoms with E-state index in [-0.39, 0.29) is 11.1 Å². The van der Waals surface area contributed by atoms with Gasteiger partial charge >= 0.3 is 0 Å². The number of carbonyl (C=O) groups excluding carboxylic acids is 2. The van der Waals surface area contributed by atoms with Gasteiger partial charge in [0.25, 0.3) is 0 Å². The minimum atomic E-state index is -1.31. The Hall–Kier alpha value is -2.69. The van der Waals surface area contributed by atoms with Crippen molar-refractivity contribution >= 4 is 11.9 Å². The number of carbonyl (C=O) groups is 2. The molecule has 0 saturated heterocycles. The second kappa shape index (κ2) is 4.67. The van der Waals surface area contributed by atoms with E-state index in [9.17, 15) is 19.8 Å². The zero-order valence-electron chi connectivity index (χ0n) is 9.12. The van der Waals surface area contributed by atoms with Crippen LogP contribution < -0.4 is 10.2 Å². The quantitative estimate of drug-likeness (QED) is 0.720. The van der Waals surface area contributed by atoms with Crippen molar-refractivity contribution < 1.29 is 19.8 Å². The highest BCUT2D eigenvalue weighted by Crippen LogP contribution is 2.19. The molecule has 0 spiro atoms. The van der Waals surface area contributed by atoms with Crippen molar-refractivity contribution in [2.75, 3.05) is 0 Å². The summed E-state index contributed by atoms with van der Waals surface area (Å²) in [5.74, 6) is -2.57. The average Bonchev–Trinajstić information content (AvgIpc) is 2.39. The molecule has 1 aromatic carbocycles. The molecule has 0 bridgehead atoms. The van der Waals surface area contributed by atoms with E-state index >= 15 is 0 Å². The van der Waals surface area contributed by atoms with Gasteiger partial charge < -0.3 is 19.8 Å². The van der Waals surface area contributed by atoms with Gasteiger partial charge in [-0.2, -0.15) is 0 Å². The minimum absolute atomic E-state index is 0.0310. The zero-order valence-corrected chi connectivity index (χ0v) is 9.12. The van der Waals surface area contributed by atoms with E-state index < -0.39 is 11.9 Å². The Morgan fingerprint density at radius 3 is 2.00 bits per heavy atom. The topological polar surface area (TPSA) is 93.2 Å². The molecule has 0 aliphatic carbocycles. The lowest BCUT2D eigenvalue weighted by atomic mass is 10.0. The van der Waals surface area contributed by atoms with Crippen LogP contribution in [0.15, 0.2) is 42.7 Å². The summed E-state index contributed by atoms with van der Waals surface area (Å²) in [5.41, 5.74) is 1.26. The van der Waals surface area contributed by atoms with Gasteiger partial charge in [0, 0.05) is 23.5 Å². The zero-order chi connectivity index (χ0) is 13.1. The molecule has 0 N–H and O–H groups in total. The molecular formula is C13H7NO4-2. The van der Waals surface area contributed by atoms with Crippen molar-refractivity contribution in [2.24, 2.45) is 0 Å². The molecule has 0 radical (unpaired) electrons. The average molecular weight is 241 g/mol. The molecule has 0 aliphatic rings. The predicted molar refractivity (Wildman–Crippen MR) is 58.3 cm³/mol. The Morgan fingerprint density at radius 1 is 0.833 bits per heavy atom. The van der Waals surface area contributed by atoms with Crippen LogP contribution in [0.3, 0.4) is 0 Å². The summed E-state index contributed by atoms with van der Waals surface area (Å²) in [5, 5.41) is 21.3. The van der Waals surface area contributed by atoms with Crippen molar-refractivity contribution in [2.45, 2.75) is 0 Å². The number of carboxylic acids is 2. The second-order valence-corrected chi connectivity index (χ2v) is 3.61. The van der Waals surface area contributed by atoms with Gasteiger partial charge in [0.2, 0.25) is 0 Å². The summed E-state index contributed by atoms with van der Waals surface area (Å²) in [7, 11) is 0. The minimum Gasteiger partial charge on any atom is -0.545 e. The highest BCUT2D eigenvalue weighted by atomic mass is 16.4. The maximum absolute atomic E-state index is 10.7. The number of aromatic carboxylic acids is 2. The molecule has 2 aromatic rings. The van der Waals surface area contributed by atoms with E-state index in [4.69, 9.17) is 0 Å². The van der Waals surface area contributed by atoms with Gasteiger partial charge in [0.15, 0.2) is 0 Å². The number of nitrogens with zero attached hydrogens (tertiary/aromatic N) is 1. The summed E-state index contributed by atoms with van der Waals surface area (Å²) >= 11 is 0. The molecule has 1 aromatic heterocycles. The van der Waals surface area contributed by atoms with Crippen LogP contribution >= 0.6 is 0 Å². The van der Waals surface area contributed by atoms with Crippen molar-refractivity contribution in [3.63, 3.8) is 0 Å². The molecule has 0 saturated carbocycles. The van der Waals surface area contributed by atoms with Crippen LogP contribution in [0.2, 0.25) is 0 Å². The van der Waals surface area contributed by atoms with Crippen LogP contribution in [-0.4, -0.2) is 16.9 Å². The SMILES string of the molecule is O=C([O-])c1ccc(-c2cncc(C(=O)[O-])c2)cc1. The van der Waals surface area contributed by atoms with E-state index in [0.29, 0.717) is 11.1 Å². The third-order valence-corrected chi connectivity index (χ3v) is 2.43. The molecule has 0 amide bonds. The normalized spacial score (nSPS) is 10.0. The van der Waals surface area contributed by atoms with Gasteiger partial charge in [-0.3, -0.25) is 4.98 Å². The van der Waals surface area contributed by atoms with Gasteiger partial charge in [-0.25, -0.2) is 0 Å². The molecule has 5 heteroatoms. The lowest BCUT2D eigenvalue weighted by Gasteiger charge is -2.07. The molecule has 2 rings (SSSR count). The maximum atomic E-state index is 10.7. The third kappa shape index (κ3) is 2.35. The number of carboxylic acid groups (broad SMARTS) is 2. The Labute approximate surface area is 102 Å². The van der Waals surface area contributed by atoms with Crippen LogP contribution in [-0.2, 0) is 0 Å². The first kappa shape index (κ1) is 11.8. The smallest absolute Gasteiger partial charge is 0.0731 e. The largest absolute Gasteiger partial charge is 0.545 e. The van der Waals surface area contributed by atoms with E-state index in [1.807, 2.05) is 0 Å². The van der Waals surface area contributed by atoms with E-state index in [2.05, 4.69) is 4.98 Å². The van der Waals surface area contributed by atoms with Crippen molar-refractivity contribution in [1.82, 2.24) is 4.98 Å². The van der Waals surface area contributed by atoms with Gasteiger partial charge in [0.1, 0.15) is 0 Å². The predicted octanol–water partition coefficient (Wildman–Crippen LogP) is -0.524. The lowest BCUT2D eigenvalue weighted by Crippen LogP contribution is -2.22. The van der Waals surface area contributed by atoms with Crippen LogP contribution in [0.25, 0.3) is 11.1 Å². The summed E-state index contributed by atoms with van der Waals surface area (Å²) < 4.78 is 0. The Kier molecular flexibility index (Phi) is 3.05. The van der Waals surface area contributed by atoms with Gasteiger partial charge in [-0.1, -0.05) is 24.3 Å². The van der Waals surface area contributed by atoms with Crippen LogP contribution in [0.4, 0.5) is 0 Å². The number of pyridine rings is 1. The number of aromatic nitrogens is 1. The molecule has 5 nitrogen and oxygen atoms in total. The number of hydrogen-bond donors (Lipinski definition) is 0. The summed E-state index contributed by atoms with van der Waals surface area (Å²) in [6.45, 7) is 0. The molecule has 0 fully saturated rings. The monoisotopic (exact) mass is 241 g/mol. The highest BCUT2D eigenvalue weighted by molar-refractivity contribution is 5.88. The Morgan fingerprint density at radius 2 is 1.44 bits per heavy atom. The maximum Gasteiger partial charge on any atom is 0.0731 e. The van der Waals surface area contributed by atoms with Gasteiger partial charge in [-0.05, 0) is 17.2 Å².